The van der Waals surface area contributed by atoms with Crippen LogP contribution in [-0.2, 0) is 13.5 Å². The van der Waals surface area contributed by atoms with Crippen molar-refractivity contribution in [3.05, 3.63) is 81.2 Å². The number of hydrogen-bond acceptors (Lipinski definition) is 5. The molecule has 172 valence electrons. The predicted octanol–water partition coefficient (Wildman–Crippen LogP) is 5.78. The minimum absolute atomic E-state index is 0.0368. The second-order valence-corrected chi connectivity index (χ2v) is 9.97. The summed E-state index contributed by atoms with van der Waals surface area (Å²) in [6.45, 7) is 7.32. The summed E-state index contributed by atoms with van der Waals surface area (Å²) in [6, 6.07) is 15.3. The van der Waals surface area contributed by atoms with Gasteiger partial charge in [-0.1, -0.05) is 62.7 Å². The molecule has 3 heterocycles. The zero-order valence-corrected chi connectivity index (χ0v) is 20.4. The number of hydrogen-bond donors (Lipinski definition) is 1. The van der Waals surface area contributed by atoms with Crippen molar-refractivity contribution >= 4 is 40.0 Å². The molecule has 5 rings (SSSR count). The molecule has 1 aliphatic heterocycles. The normalized spacial score (nSPS) is 13.5. The lowest BCUT2D eigenvalue weighted by atomic mass is 9.81. The molecule has 0 saturated heterocycles. The molecule has 0 amide bonds. The van der Waals surface area contributed by atoms with Crippen LogP contribution in [0.25, 0.3) is 22.2 Å². The number of aliphatic imine (C=N–C) groups is 1. The van der Waals surface area contributed by atoms with Gasteiger partial charge in [-0.05, 0) is 30.2 Å². The molecule has 0 radical (unpaired) electrons. The van der Waals surface area contributed by atoms with Crippen LogP contribution in [0.2, 0.25) is 5.02 Å². The van der Waals surface area contributed by atoms with Crippen molar-refractivity contribution in [1.82, 2.24) is 14.5 Å². The largest absolute Gasteiger partial charge is 0.324 e. The quantitative estimate of drug-likeness (QED) is 0.411. The summed E-state index contributed by atoms with van der Waals surface area (Å²) in [4.78, 5) is 27.2. The average molecular weight is 472 g/mol. The Labute approximate surface area is 203 Å². The fourth-order valence-electron chi connectivity index (χ4n) is 4.50. The fourth-order valence-corrected chi connectivity index (χ4v) is 4.74. The Morgan fingerprint density at radius 1 is 1.03 bits per heavy atom. The summed E-state index contributed by atoms with van der Waals surface area (Å²) >= 11 is 6.35. The highest BCUT2D eigenvalue weighted by atomic mass is 35.5. The number of benzene rings is 2. The minimum atomic E-state index is -0.159. The number of nitrogens with zero attached hydrogens (tertiary/aromatic N) is 4. The van der Waals surface area contributed by atoms with E-state index in [-0.39, 0.29) is 11.0 Å². The molecule has 0 spiro atoms. The number of fused-ring (bicyclic) bond motifs is 2. The van der Waals surface area contributed by atoms with Gasteiger partial charge in [-0.25, -0.2) is 4.98 Å². The van der Waals surface area contributed by atoms with Crippen LogP contribution >= 0.6 is 11.6 Å². The molecule has 4 aromatic rings. The highest BCUT2D eigenvalue weighted by Gasteiger charge is 2.26. The van der Waals surface area contributed by atoms with E-state index in [2.05, 4.69) is 42.1 Å². The zero-order valence-electron chi connectivity index (χ0n) is 19.7. The van der Waals surface area contributed by atoms with E-state index in [1.54, 1.807) is 29.9 Å². The van der Waals surface area contributed by atoms with Gasteiger partial charge in [0.1, 0.15) is 5.65 Å². The first-order valence-electron chi connectivity index (χ1n) is 11.3. The first-order valence-corrected chi connectivity index (χ1v) is 11.7. The predicted molar refractivity (Wildman–Crippen MR) is 140 cm³/mol. The van der Waals surface area contributed by atoms with Crippen LogP contribution in [-0.4, -0.2) is 26.8 Å². The van der Waals surface area contributed by atoms with Crippen molar-refractivity contribution in [3.8, 4) is 11.1 Å². The Bertz CT molecular complexity index is 1510. The molecule has 1 N–H and O–H groups in total. The molecule has 34 heavy (non-hydrogen) atoms. The molecule has 0 aliphatic carbocycles. The van der Waals surface area contributed by atoms with Gasteiger partial charge in [0.05, 0.1) is 0 Å². The summed E-state index contributed by atoms with van der Waals surface area (Å²) in [6.07, 6.45) is 2.59. The van der Waals surface area contributed by atoms with E-state index in [1.165, 1.54) is 11.1 Å². The van der Waals surface area contributed by atoms with E-state index >= 15 is 0 Å². The Balaban J connectivity index is 1.56. The van der Waals surface area contributed by atoms with Crippen LogP contribution in [0.3, 0.4) is 0 Å². The molecule has 0 bridgehead atoms. The summed E-state index contributed by atoms with van der Waals surface area (Å²) in [5.74, 6) is 0.446. The summed E-state index contributed by atoms with van der Waals surface area (Å²) in [5, 5.41) is 4.68. The number of rotatable bonds is 3. The molecule has 2 aromatic carbocycles. The third-order valence-electron chi connectivity index (χ3n) is 6.13. The first kappa shape index (κ1) is 22.3. The maximum atomic E-state index is 13.1. The fraction of sp³-hybridized carbons (Fsp3) is 0.259. The number of halogens is 1. The number of aromatic nitrogens is 3. The Kier molecular flexibility index (Phi) is 5.48. The highest BCUT2D eigenvalue weighted by molar-refractivity contribution is 6.33. The molecule has 7 heteroatoms. The highest BCUT2D eigenvalue weighted by Crippen LogP contribution is 2.33. The molecule has 0 unspecified atom stereocenters. The Morgan fingerprint density at radius 2 is 1.79 bits per heavy atom. The number of nitrogens with one attached hydrogen (secondary N) is 1. The molecule has 0 atom stereocenters. The van der Waals surface area contributed by atoms with Crippen LogP contribution in [0.1, 0.15) is 31.9 Å². The molecular weight excluding hydrogens is 446 g/mol. The lowest BCUT2D eigenvalue weighted by Crippen LogP contribution is -2.26. The summed E-state index contributed by atoms with van der Waals surface area (Å²) in [7, 11) is 1.72. The average Bonchev–Trinajstić information content (AvgIpc) is 2.81. The number of aryl methyl sites for hydroxylation is 1. The van der Waals surface area contributed by atoms with E-state index in [4.69, 9.17) is 16.6 Å². The molecule has 0 fully saturated rings. The van der Waals surface area contributed by atoms with Gasteiger partial charge in [-0.15, -0.1) is 0 Å². The van der Waals surface area contributed by atoms with Crippen molar-refractivity contribution in [2.75, 3.05) is 11.9 Å². The van der Waals surface area contributed by atoms with E-state index < -0.39 is 0 Å². The molecular formula is C27H26ClN5O. The van der Waals surface area contributed by atoms with Gasteiger partial charge < -0.3 is 5.32 Å². The second kappa shape index (κ2) is 8.37. The van der Waals surface area contributed by atoms with Crippen LogP contribution in [0.15, 0.2) is 64.5 Å². The lowest BCUT2D eigenvalue weighted by molar-refractivity contribution is 0.585. The standard InChI is InChI=1S/C27H26ClN5O/c1-27(2,3)23-19-9-7-11-22(18(19)12-13-29-23)31-26-30-15-16-14-20(17-8-5-6-10-21(17)28)25(34)33(4)24(16)32-26/h5-11,14-15H,12-13H2,1-4H3,(H,30,31,32). The van der Waals surface area contributed by atoms with E-state index in [1.807, 2.05) is 30.3 Å². The van der Waals surface area contributed by atoms with Crippen molar-refractivity contribution < 1.29 is 0 Å². The van der Waals surface area contributed by atoms with Gasteiger partial charge in [0.2, 0.25) is 5.95 Å². The topological polar surface area (TPSA) is 72.2 Å². The van der Waals surface area contributed by atoms with Crippen molar-refractivity contribution in [2.45, 2.75) is 27.2 Å². The van der Waals surface area contributed by atoms with Crippen LogP contribution in [0, 0.1) is 5.41 Å². The maximum absolute atomic E-state index is 13.1. The first-order chi connectivity index (χ1) is 16.2. The van der Waals surface area contributed by atoms with Crippen molar-refractivity contribution in [2.24, 2.45) is 17.5 Å². The lowest BCUT2D eigenvalue weighted by Gasteiger charge is -2.28. The SMILES string of the molecule is Cn1c(=O)c(-c2ccccc2Cl)cc2cnc(Nc3cccc4c3CCN=C4C(C)(C)C)nc21. The van der Waals surface area contributed by atoms with Crippen LogP contribution < -0.4 is 10.9 Å². The van der Waals surface area contributed by atoms with Crippen molar-refractivity contribution in [1.29, 1.82) is 0 Å². The molecule has 6 nitrogen and oxygen atoms in total. The van der Waals surface area contributed by atoms with Gasteiger partial charge >= 0.3 is 0 Å². The van der Waals surface area contributed by atoms with E-state index in [0.29, 0.717) is 27.7 Å². The van der Waals surface area contributed by atoms with E-state index in [0.717, 1.165) is 29.8 Å². The number of anilines is 2. The summed E-state index contributed by atoms with van der Waals surface area (Å²) < 4.78 is 1.55. The Hall–Kier alpha value is -3.51. The minimum Gasteiger partial charge on any atom is -0.324 e. The van der Waals surface area contributed by atoms with E-state index in [9.17, 15) is 4.79 Å². The smallest absolute Gasteiger partial charge is 0.259 e. The van der Waals surface area contributed by atoms with Gasteiger partial charge in [-0.3, -0.25) is 14.4 Å². The third kappa shape index (κ3) is 3.88. The Morgan fingerprint density at radius 3 is 2.56 bits per heavy atom. The van der Waals surface area contributed by atoms with Crippen LogP contribution in [0.4, 0.5) is 11.6 Å². The maximum Gasteiger partial charge on any atom is 0.259 e. The van der Waals surface area contributed by atoms with Gasteiger partial charge in [0.15, 0.2) is 0 Å². The zero-order chi connectivity index (χ0) is 24.0. The second-order valence-electron chi connectivity index (χ2n) is 9.56. The van der Waals surface area contributed by atoms with Gasteiger partial charge in [0, 0.05) is 63.7 Å². The van der Waals surface area contributed by atoms with Crippen molar-refractivity contribution in [3.63, 3.8) is 0 Å². The van der Waals surface area contributed by atoms with Crippen LogP contribution in [0.5, 0.6) is 0 Å². The molecule has 2 aromatic heterocycles. The third-order valence-corrected chi connectivity index (χ3v) is 6.46. The summed E-state index contributed by atoms with van der Waals surface area (Å²) in [5.41, 5.74) is 6.05. The molecule has 1 aliphatic rings. The molecule has 0 saturated carbocycles. The number of pyridine rings is 1. The monoisotopic (exact) mass is 471 g/mol. The van der Waals surface area contributed by atoms with Gasteiger partial charge in [-0.2, -0.15) is 4.98 Å². The van der Waals surface area contributed by atoms with Gasteiger partial charge in [0.25, 0.3) is 5.56 Å².